The first kappa shape index (κ1) is 16.5. The van der Waals surface area contributed by atoms with Crippen molar-refractivity contribution in [1.29, 1.82) is 0 Å². The molecule has 0 aliphatic carbocycles. The van der Waals surface area contributed by atoms with Crippen LogP contribution in [0.25, 0.3) is 0 Å². The van der Waals surface area contributed by atoms with E-state index in [9.17, 15) is 9.59 Å². The number of fused-ring (bicyclic) bond motifs is 3. The predicted octanol–water partition coefficient (Wildman–Crippen LogP) is 1.92. The van der Waals surface area contributed by atoms with Crippen molar-refractivity contribution in [3.8, 4) is 0 Å². The summed E-state index contributed by atoms with van der Waals surface area (Å²) >= 11 is 0. The van der Waals surface area contributed by atoms with Crippen LogP contribution in [0.4, 0.5) is 10.7 Å². The molecule has 0 spiro atoms. The van der Waals surface area contributed by atoms with Crippen LogP contribution in [0.3, 0.4) is 0 Å². The van der Waals surface area contributed by atoms with Crippen LogP contribution >= 0.6 is 0 Å². The van der Waals surface area contributed by atoms with E-state index >= 15 is 0 Å². The number of carbonyl (C=O) groups excluding carboxylic acids is 2. The Kier molecular flexibility index (Phi) is 3.50. The fraction of sp³-hybridized carbons (Fsp3) is 0.368. The van der Waals surface area contributed by atoms with Crippen LogP contribution in [-0.2, 0) is 18.4 Å². The van der Waals surface area contributed by atoms with Gasteiger partial charge in [-0.1, -0.05) is 34.8 Å². The molecule has 7 heteroatoms. The van der Waals surface area contributed by atoms with Gasteiger partial charge in [-0.25, -0.2) is 13.9 Å². The summed E-state index contributed by atoms with van der Waals surface area (Å²) in [5.74, 6) is 0.962. The van der Waals surface area contributed by atoms with Crippen LogP contribution in [-0.4, -0.2) is 39.2 Å². The molecule has 1 saturated heterocycles. The lowest BCUT2D eigenvalue weighted by Crippen LogP contribution is -2.57. The van der Waals surface area contributed by atoms with Crippen molar-refractivity contribution in [3.63, 3.8) is 0 Å². The summed E-state index contributed by atoms with van der Waals surface area (Å²) in [4.78, 5) is 33.4. The second kappa shape index (κ2) is 5.52. The highest BCUT2D eigenvalue weighted by Crippen LogP contribution is 2.35. The van der Waals surface area contributed by atoms with Crippen LogP contribution in [0.5, 0.6) is 0 Å². The first-order valence-electron chi connectivity index (χ1n) is 8.62. The number of benzene rings is 1. The Bertz CT molecular complexity index is 971. The molecule has 0 saturated carbocycles. The minimum Gasteiger partial charge on any atom is -0.270 e. The number of hydrogen-bond donors (Lipinski definition) is 0. The number of aromatic nitrogens is 2. The number of hydrogen-bond acceptors (Lipinski definition) is 3. The quantitative estimate of drug-likeness (QED) is 0.775. The lowest BCUT2D eigenvalue weighted by Gasteiger charge is -2.33. The second-order valence-electron chi connectivity index (χ2n) is 7.02. The number of rotatable bonds is 2. The number of imide groups is 1. The van der Waals surface area contributed by atoms with Gasteiger partial charge in [-0.05, 0) is 26.3 Å². The fourth-order valence-corrected chi connectivity index (χ4v) is 3.62. The van der Waals surface area contributed by atoms with E-state index in [0.29, 0.717) is 11.8 Å². The normalized spacial score (nSPS) is 19.0. The number of nitrogens with zero attached hydrogens (tertiary/aromatic N) is 5. The molecule has 0 N–H and O–H groups in total. The van der Waals surface area contributed by atoms with Gasteiger partial charge in [0.1, 0.15) is 11.4 Å². The van der Waals surface area contributed by atoms with Gasteiger partial charge < -0.3 is 0 Å². The molecule has 0 radical (unpaired) electrons. The summed E-state index contributed by atoms with van der Waals surface area (Å²) in [6.45, 7) is 6.24. The molecule has 1 aromatic heterocycles. The lowest BCUT2D eigenvalue weighted by molar-refractivity contribution is -0.663. The van der Waals surface area contributed by atoms with Gasteiger partial charge in [0.05, 0.1) is 13.6 Å². The molecule has 1 aromatic carbocycles. The van der Waals surface area contributed by atoms with Crippen molar-refractivity contribution >= 4 is 23.7 Å². The minimum absolute atomic E-state index is 0.232. The summed E-state index contributed by atoms with van der Waals surface area (Å²) in [7, 11) is 3.60. The highest BCUT2D eigenvalue weighted by Gasteiger charge is 2.53. The first-order valence-corrected chi connectivity index (χ1v) is 8.62. The van der Waals surface area contributed by atoms with Gasteiger partial charge in [-0.15, -0.1) is 0 Å². The van der Waals surface area contributed by atoms with Crippen LogP contribution in [0.15, 0.2) is 29.3 Å². The summed E-state index contributed by atoms with van der Waals surface area (Å²) in [5, 5.41) is 0. The highest BCUT2D eigenvalue weighted by atomic mass is 16.2. The maximum absolute atomic E-state index is 13.2. The standard InChI is InChI=1S/C19H22N5O2/c1-11-6-8-14(9-7-11)10-23-17(25)15-16(22(5)19(23)26)20-18-21(4)12(2)13(3)24(15)18/h6-9,15H,10H2,1-5H3/q+1. The van der Waals surface area contributed by atoms with Gasteiger partial charge >= 0.3 is 12.0 Å². The molecule has 3 heterocycles. The Balaban J connectivity index is 1.75. The minimum atomic E-state index is -0.585. The van der Waals surface area contributed by atoms with Crippen molar-refractivity contribution in [1.82, 2.24) is 14.4 Å². The van der Waals surface area contributed by atoms with Gasteiger partial charge in [-0.2, -0.15) is 0 Å². The summed E-state index contributed by atoms with van der Waals surface area (Å²) < 4.78 is 3.88. The largest absolute Gasteiger partial charge is 0.401 e. The predicted molar refractivity (Wildman–Crippen MR) is 96.1 cm³/mol. The van der Waals surface area contributed by atoms with Gasteiger partial charge in [0.25, 0.3) is 5.91 Å². The summed E-state index contributed by atoms with van der Waals surface area (Å²) in [6, 6.07) is 6.94. The van der Waals surface area contributed by atoms with E-state index in [-0.39, 0.29) is 18.5 Å². The molecule has 2 aliphatic rings. The number of carbonyl (C=O) groups is 2. The molecule has 1 atom stereocenters. The van der Waals surface area contributed by atoms with E-state index in [2.05, 4.69) is 4.99 Å². The third-order valence-corrected chi connectivity index (χ3v) is 5.44. The number of likely N-dealkylation sites (N-methyl/N-ethyl adjacent to an activating group) is 1. The molecule has 26 heavy (non-hydrogen) atoms. The van der Waals surface area contributed by atoms with E-state index in [1.54, 1.807) is 7.05 Å². The van der Waals surface area contributed by atoms with Gasteiger partial charge in [0, 0.05) is 7.05 Å². The molecule has 2 aliphatic heterocycles. The molecular formula is C19H22N5O2+. The number of aryl methyl sites for hydroxylation is 1. The average molecular weight is 352 g/mol. The molecule has 1 unspecified atom stereocenters. The maximum Gasteiger partial charge on any atom is 0.401 e. The van der Waals surface area contributed by atoms with E-state index in [1.165, 1.54) is 9.80 Å². The van der Waals surface area contributed by atoms with Crippen molar-refractivity contribution in [3.05, 3.63) is 46.8 Å². The number of imidazole rings is 1. The topological polar surface area (TPSA) is 61.8 Å². The molecule has 3 amide bonds. The van der Waals surface area contributed by atoms with Crippen molar-refractivity contribution in [2.45, 2.75) is 33.4 Å². The van der Waals surface area contributed by atoms with E-state index in [4.69, 9.17) is 0 Å². The van der Waals surface area contributed by atoms with Crippen LogP contribution in [0.2, 0.25) is 0 Å². The number of amidine groups is 1. The average Bonchev–Trinajstić information content (AvgIpc) is 3.11. The molecule has 4 rings (SSSR count). The SMILES string of the molecule is Cc1ccc(CN2C(=O)C3C(=Nc4n3c(C)c(C)[n+]4C)N(C)C2=O)cc1. The third kappa shape index (κ3) is 2.13. The van der Waals surface area contributed by atoms with E-state index < -0.39 is 6.04 Å². The van der Waals surface area contributed by atoms with Gasteiger partial charge in [0.2, 0.25) is 11.9 Å². The first-order chi connectivity index (χ1) is 12.3. The lowest BCUT2D eigenvalue weighted by atomic mass is 10.1. The van der Waals surface area contributed by atoms with E-state index in [0.717, 1.165) is 22.5 Å². The Hall–Kier alpha value is -2.96. The van der Waals surface area contributed by atoms with Crippen LogP contribution in [0.1, 0.15) is 28.6 Å². The number of urea groups is 1. The Labute approximate surface area is 152 Å². The molecule has 1 fully saturated rings. The Morgan fingerprint density at radius 1 is 1.12 bits per heavy atom. The van der Waals surface area contributed by atoms with Crippen LogP contribution in [0, 0.1) is 20.8 Å². The highest BCUT2D eigenvalue weighted by molar-refractivity contribution is 6.20. The Morgan fingerprint density at radius 3 is 2.42 bits per heavy atom. The molecule has 0 bridgehead atoms. The van der Waals surface area contributed by atoms with Crippen molar-refractivity contribution in [2.24, 2.45) is 12.0 Å². The monoisotopic (exact) mass is 352 g/mol. The zero-order valence-electron chi connectivity index (χ0n) is 15.6. The van der Waals surface area contributed by atoms with E-state index in [1.807, 2.05) is 61.2 Å². The van der Waals surface area contributed by atoms with Crippen LogP contribution < -0.4 is 4.57 Å². The van der Waals surface area contributed by atoms with Gasteiger partial charge in [-0.3, -0.25) is 14.6 Å². The Morgan fingerprint density at radius 2 is 1.77 bits per heavy atom. The fourth-order valence-electron chi connectivity index (χ4n) is 3.62. The summed E-state index contributed by atoms with van der Waals surface area (Å²) in [6.07, 6.45) is 0. The third-order valence-electron chi connectivity index (χ3n) is 5.44. The summed E-state index contributed by atoms with van der Waals surface area (Å²) in [5.41, 5.74) is 4.11. The van der Waals surface area contributed by atoms with Crippen molar-refractivity contribution in [2.75, 3.05) is 7.05 Å². The maximum atomic E-state index is 13.2. The molecular weight excluding hydrogens is 330 g/mol. The number of amides is 3. The van der Waals surface area contributed by atoms with Crippen molar-refractivity contribution < 1.29 is 14.2 Å². The van der Waals surface area contributed by atoms with Gasteiger partial charge in [0.15, 0.2) is 0 Å². The molecule has 7 nitrogen and oxygen atoms in total. The molecule has 2 aromatic rings. The molecule has 134 valence electrons. The smallest absolute Gasteiger partial charge is 0.270 e. The number of aliphatic imine (C=N–C) groups is 1. The zero-order valence-corrected chi connectivity index (χ0v) is 15.6. The second-order valence-corrected chi connectivity index (χ2v) is 7.02. The zero-order chi connectivity index (χ0) is 18.7.